The smallest absolute Gasteiger partial charge is 0.00979 e. The lowest BCUT2D eigenvalue weighted by atomic mass is 9.63. The highest BCUT2D eigenvalue weighted by molar-refractivity contribution is 5.28. The molecule has 0 bridgehead atoms. The highest BCUT2D eigenvalue weighted by Crippen LogP contribution is 2.47. The van der Waals surface area contributed by atoms with Crippen LogP contribution < -0.4 is 0 Å². The number of benzene rings is 1. The number of unbranched alkanes of at least 4 members (excludes halogenated alkanes) is 1. The summed E-state index contributed by atoms with van der Waals surface area (Å²) in [7, 11) is 0. The molecule has 0 aromatic heterocycles. The maximum Gasteiger partial charge on any atom is -0.00979 e. The normalized spacial score (nSPS) is 25.0. The van der Waals surface area contributed by atoms with Crippen LogP contribution in [0.5, 0.6) is 0 Å². The first-order chi connectivity index (χ1) is 13.2. The molecule has 2 rings (SSSR count). The predicted molar refractivity (Wildman–Crippen MR) is 126 cm³/mol. The zero-order valence-corrected chi connectivity index (χ0v) is 19.9. The van der Waals surface area contributed by atoms with E-state index in [1.54, 1.807) is 5.57 Å². The van der Waals surface area contributed by atoms with E-state index in [1.165, 1.54) is 68.9 Å². The monoisotopic (exact) mass is 382 g/mol. The van der Waals surface area contributed by atoms with Crippen LogP contribution in [-0.2, 0) is 5.41 Å². The molecule has 1 aliphatic rings. The van der Waals surface area contributed by atoms with E-state index in [1.807, 2.05) is 0 Å². The summed E-state index contributed by atoms with van der Waals surface area (Å²) in [6.45, 7) is 16.6. The fourth-order valence-electron chi connectivity index (χ4n) is 5.18. The van der Waals surface area contributed by atoms with Gasteiger partial charge in [-0.15, -0.1) is 0 Å². The summed E-state index contributed by atoms with van der Waals surface area (Å²) in [4.78, 5) is 0. The quantitative estimate of drug-likeness (QED) is 0.374. The molecule has 0 heteroatoms. The summed E-state index contributed by atoms with van der Waals surface area (Å²) < 4.78 is 0. The Bertz CT molecular complexity index is 608. The second-order valence-corrected chi connectivity index (χ2v) is 10.7. The Kier molecular flexibility index (Phi) is 8.41. The van der Waals surface area contributed by atoms with Crippen molar-refractivity contribution >= 4 is 0 Å². The Labute approximate surface area is 176 Å². The molecule has 0 aliphatic heterocycles. The second kappa shape index (κ2) is 10.1. The minimum absolute atomic E-state index is 0.228. The van der Waals surface area contributed by atoms with Gasteiger partial charge in [-0.3, -0.25) is 0 Å². The second-order valence-electron chi connectivity index (χ2n) is 10.7. The van der Waals surface area contributed by atoms with Gasteiger partial charge >= 0.3 is 0 Å². The topological polar surface area (TPSA) is 0 Å². The highest BCUT2D eigenvalue weighted by atomic mass is 14.4. The lowest BCUT2D eigenvalue weighted by Crippen LogP contribution is -2.31. The maximum absolute atomic E-state index is 2.65. The van der Waals surface area contributed by atoms with Crippen LogP contribution in [0.1, 0.15) is 110 Å². The van der Waals surface area contributed by atoms with E-state index >= 15 is 0 Å². The first kappa shape index (κ1) is 23.2. The standard InChI is InChI=1S/C28H46/c1-8-10-17-28(7)18-15-24(16-19-28)25(20-22(3)9-2)21-27(5,6)26-13-11-23(4)12-14-26/h11-14,20,24-25H,8-10,15-19,21H2,1-7H3/b22-20+. The van der Waals surface area contributed by atoms with Crippen molar-refractivity contribution in [3.8, 4) is 0 Å². The number of hydrogen-bond donors (Lipinski definition) is 0. The maximum atomic E-state index is 2.65. The van der Waals surface area contributed by atoms with E-state index in [0.29, 0.717) is 11.3 Å². The molecule has 0 amide bonds. The Balaban J connectivity index is 2.13. The fourth-order valence-corrected chi connectivity index (χ4v) is 5.18. The molecule has 1 aromatic rings. The van der Waals surface area contributed by atoms with E-state index in [-0.39, 0.29) is 5.41 Å². The van der Waals surface area contributed by atoms with Crippen LogP contribution in [-0.4, -0.2) is 0 Å². The van der Waals surface area contributed by atoms with Crippen LogP contribution >= 0.6 is 0 Å². The summed E-state index contributed by atoms with van der Waals surface area (Å²) in [5, 5.41) is 0. The lowest BCUT2D eigenvalue weighted by Gasteiger charge is -2.42. The van der Waals surface area contributed by atoms with Gasteiger partial charge in [-0.05, 0) is 87.0 Å². The molecule has 1 fully saturated rings. The summed E-state index contributed by atoms with van der Waals surface area (Å²) in [5.41, 5.74) is 5.26. The van der Waals surface area contributed by atoms with Gasteiger partial charge in [0.2, 0.25) is 0 Å². The van der Waals surface area contributed by atoms with Gasteiger partial charge < -0.3 is 0 Å². The van der Waals surface area contributed by atoms with E-state index in [2.05, 4.69) is 78.8 Å². The van der Waals surface area contributed by atoms with Gasteiger partial charge in [0.25, 0.3) is 0 Å². The Morgan fingerprint density at radius 3 is 2.29 bits per heavy atom. The van der Waals surface area contributed by atoms with Gasteiger partial charge in [-0.1, -0.05) is 88.9 Å². The summed E-state index contributed by atoms with van der Waals surface area (Å²) in [6, 6.07) is 9.26. The van der Waals surface area contributed by atoms with Gasteiger partial charge in [0.15, 0.2) is 0 Å². The first-order valence-electron chi connectivity index (χ1n) is 11.9. The predicted octanol–water partition coefficient (Wildman–Crippen LogP) is 9.02. The van der Waals surface area contributed by atoms with Crippen molar-refractivity contribution in [2.45, 2.75) is 112 Å². The van der Waals surface area contributed by atoms with Crippen LogP contribution in [0.4, 0.5) is 0 Å². The van der Waals surface area contributed by atoms with Crippen LogP contribution in [0.3, 0.4) is 0 Å². The Morgan fingerprint density at radius 1 is 1.14 bits per heavy atom. The van der Waals surface area contributed by atoms with Crippen molar-refractivity contribution in [2.75, 3.05) is 0 Å². The van der Waals surface area contributed by atoms with Crippen molar-refractivity contribution in [1.29, 1.82) is 0 Å². The molecule has 1 aliphatic carbocycles. The van der Waals surface area contributed by atoms with E-state index in [4.69, 9.17) is 0 Å². The molecule has 1 aromatic carbocycles. The molecule has 0 N–H and O–H groups in total. The number of aryl methyl sites for hydroxylation is 1. The Hall–Kier alpha value is -1.04. The Morgan fingerprint density at radius 2 is 1.75 bits per heavy atom. The fraction of sp³-hybridized carbons (Fsp3) is 0.714. The molecule has 0 spiro atoms. The first-order valence-corrected chi connectivity index (χ1v) is 11.9. The van der Waals surface area contributed by atoms with Crippen LogP contribution in [0.2, 0.25) is 0 Å². The van der Waals surface area contributed by atoms with E-state index in [0.717, 1.165) is 5.92 Å². The van der Waals surface area contributed by atoms with Crippen molar-refractivity contribution < 1.29 is 0 Å². The summed E-state index contributed by atoms with van der Waals surface area (Å²) in [6.07, 6.45) is 15.0. The third kappa shape index (κ3) is 6.50. The number of rotatable bonds is 9. The van der Waals surface area contributed by atoms with Gasteiger partial charge in [-0.25, -0.2) is 0 Å². The third-order valence-corrected chi connectivity index (χ3v) is 7.61. The summed E-state index contributed by atoms with van der Waals surface area (Å²) >= 11 is 0. The molecule has 1 saturated carbocycles. The van der Waals surface area contributed by atoms with Crippen LogP contribution in [0.25, 0.3) is 0 Å². The van der Waals surface area contributed by atoms with E-state index in [9.17, 15) is 0 Å². The molecule has 1 atom stereocenters. The zero-order valence-electron chi connectivity index (χ0n) is 19.9. The third-order valence-electron chi connectivity index (χ3n) is 7.61. The zero-order chi connectivity index (χ0) is 20.8. The molecule has 0 nitrogen and oxygen atoms in total. The SMILES string of the molecule is CCCCC1(C)CCC(C(/C=C(\C)CC)CC(C)(C)c2ccc(C)cc2)CC1. The van der Waals surface area contributed by atoms with Crippen LogP contribution in [0, 0.1) is 24.2 Å². The minimum atomic E-state index is 0.228. The molecule has 158 valence electrons. The average Bonchev–Trinajstić information content (AvgIpc) is 2.66. The van der Waals surface area contributed by atoms with Crippen molar-refractivity contribution in [3.63, 3.8) is 0 Å². The van der Waals surface area contributed by atoms with Gasteiger partial charge in [0.05, 0.1) is 0 Å². The number of allylic oxidation sites excluding steroid dienone is 2. The van der Waals surface area contributed by atoms with Crippen LogP contribution in [0.15, 0.2) is 35.9 Å². The molecule has 0 radical (unpaired) electrons. The number of hydrogen-bond acceptors (Lipinski definition) is 0. The molecule has 0 heterocycles. The van der Waals surface area contributed by atoms with Gasteiger partial charge in [-0.2, -0.15) is 0 Å². The van der Waals surface area contributed by atoms with Crippen molar-refractivity contribution in [1.82, 2.24) is 0 Å². The molecule has 28 heavy (non-hydrogen) atoms. The van der Waals surface area contributed by atoms with Gasteiger partial charge in [0.1, 0.15) is 0 Å². The summed E-state index contributed by atoms with van der Waals surface area (Å²) in [5.74, 6) is 1.58. The molecule has 0 saturated heterocycles. The average molecular weight is 383 g/mol. The largest absolute Gasteiger partial charge is 0.0822 e. The van der Waals surface area contributed by atoms with Gasteiger partial charge in [0, 0.05) is 0 Å². The lowest BCUT2D eigenvalue weighted by molar-refractivity contribution is 0.124. The molecule has 1 unspecified atom stereocenters. The van der Waals surface area contributed by atoms with Crippen molar-refractivity contribution in [2.24, 2.45) is 17.3 Å². The van der Waals surface area contributed by atoms with Crippen molar-refractivity contribution in [3.05, 3.63) is 47.0 Å². The van der Waals surface area contributed by atoms with E-state index < -0.39 is 0 Å². The molecular formula is C28H46. The minimum Gasteiger partial charge on any atom is -0.0822 e. The molecular weight excluding hydrogens is 336 g/mol. The highest BCUT2D eigenvalue weighted by Gasteiger charge is 2.35.